The molecule has 3 rings (SSSR count). The molecule has 0 fully saturated rings. The molecule has 5 heteroatoms. The lowest BCUT2D eigenvalue weighted by Crippen LogP contribution is -2.27. The van der Waals surface area contributed by atoms with Crippen molar-refractivity contribution in [2.75, 3.05) is 20.3 Å². The minimum atomic E-state index is -0.174. The molecular formula is C18H19NO4. The highest BCUT2D eigenvalue weighted by molar-refractivity contribution is 5.95. The molecule has 2 aromatic rings. The van der Waals surface area contributed by atoms with E-state index >= 15 is 0 Å². The third-order valence-corrected chi connectivity index (χ3v) is 3.76. The maximum absolute atomic E-state index is 12.5. The van der Waals surface area contributed by atoms with Crippen LogP contribution in [0.3, 0.4) is 0 Å². The van der Waals surface area contributed by atoms with Gasteiger partial charge in [0.1, 0.15) is 19.0 Å². The van der Waals surface area contributed by atoms with Gasteiger partial charge in [-0.3, -0.25) is 4.79 Å². The van der Waals surface area contributed by atoms with E-state index < -0.39 is 0 Å². The van der Waals surface area contributed by atoms with E-state index in [0.717, 1.165) is 11.3 Å². The van der Waals surface area contributed by atoms with Gasteiger partial charge in [-0.2, -0.15) is 0 Å². The van der Waals surface area contributed by atoms with Crippen molar-refractivity contribution < 1.29 is 19.0 Å². The van der Waals surface area contributed by atoms with Crippen LogP contribution in [-0.4, -0.2) is 26.2 Å². The molecule has 1 aliphatic heterocycles. The topological polar surface area (TPSA) is 56.8 Å². The number of fused-ring (bicyclic) bond motifs is 1. The predicted octanol–water partition coefficient (Wildman–Crippen LogP) is 2.96. The first kappa shape index (κ1) is 15.2. The van der Waals surface area contributed by atoms with Gasteiger partial charge in [-0.05, 0) is 31.2 Å². The van der Waals surface area contributed by atoms with Crippen molar-refractivity contribution in [3.05, 3.63) is 53.6 Å². The van der Waals surface area contributed by atoms with Crippen LogP contribution in [0.2, 0.25) is 0 Å². The van der Waals surface area contributed by atoms with E-state index in [1.165, 1.54) is 0 Å². The molecule has 0 saturated carbocycles. The summed E-state index contributed by atoms with van der Waals surface area (Å²) in [7, 11) is 1.62. The van der Waals surface area contributed by atoms with Crippen LogP contribution in [-0.2, 0) is 0 Å². The zero-order valence-corrected chi connectivity index (χ0v) is 13.2. The molecule has 23 heavy (non-hydrogen) atoms. The first-order valence-corrected chi connectivity index (χ1v) is 7.52. The number of amides is 1. The lowest BCUT2D eigenvalue weighted by molar-refractivity contribution is 0.0938. The lowest BCUT2D eigenvalue weighted by Gasteiger charge is -2.20. The first-order valence-electron chi connectivity index (χ1n) is 7.52. The highest BCUT2D eigenvalue weighted by Gasteiger charge is 2.18. The Morgan fingerprint density at radius 3 is 2.65 bits per heavy atom. The minimum Gasteiger partial charge on any atom is -0.496 e. The fraction of sp³-hybridized carbons (Fsp3) is 0.278. The zero-order chi connectivity index (χ0) is 16.2. The molecule has 1 heterocycles. The summed E-state index contributed by atoms with van der Waals surface area (Å²) in [5.74, 6) is 1.86. The molecule has 5 nitrogen and oxygen atoms in total. The molecule has 0 aliphatic carbocycles. The second-order valence-corrected chi connectivity index (χ2v) is 5.30. The standard InChI is InChI=1S/C18H19NO4/c1-12(14-5-3-4-6-15(14)21-2)19-18(20)13-7-8-16-17(11-13)23-10-9-22-16/h3-8,11-12H,9-10H2,1-2H3,(H,19,20). The number of ether oxygens (including phenoxy) is 3. The number of nitrogens with one attached hydrogen (secondary N) is 1. The summed E-state index contributed by atoms with van der Waals surface area (Å²) in [5, 5.41) is 2.98. The van der Waals surface area contributed by atoms with E-state index in [1.54, 1.807) is 25.3 Å². The summed E-state index contributed by atoms with van der Waals surface area (Å²) in [5.41, 5.74) is 1.47. The monoisotopic (exact) mass is 313 g/mol. The summed E-state index contributed by atoms with van der Waals surface area (Å²) < 4.78 is 16.3. The number of hydrogen-bond acceptors (Lipinski definition) is 4. The molecule has 0 spiro atoms. The third-order valence-electron chi connectivity index (χ3n) is 3.76. The molecule has 1 N–H and O–H groups in total. The van der Waals surface area contributed by atoms with E-state index in [0.29, 0.717) is 30.3 Å². The van der Waals surface area contributed by atoms with Gasteiger partial charge >= 0.3 is 0 Å². The third kappa shape index (κ3) is 3.23. The Hall–Kier alpha value is -2.69. The van der Waals surface area contributed by atoms with Crippen molar-refractivity contribution in [2.45, 2.75) is 13.0 Å². The Balaban J connectivity index is 1.76. The molecule has 1 amide bonds. The highest BCUT2D eigenvalue weighted by Crippen LogP contribution is 2.31. The van der Waals surface area contributed by atoms with Crippen molar-refractivity contribution in [1.29, 1.82) is 0 Å². The average molecular weight is 313 g/mol. The number of methoxy groups -OCH3 is 1. The second kappa shape index (κ2) is 6.60. The van der Waals surface area contributed by atoms with Crippen molar-refractivity contribution >= 4 is 5.91 Å². The number of carbonyl (C=O) groups is 1. The number of carbonyl (C=O) groups excluding carboxylic acids is 1. The SMILES string of the molecule is COc1ccccc1C(C)NC(=O)c1ccc2c(c1)OCCO2. The fourth-order valence-corrected chi connectivity index (χ4v) is 2.57. The van der Waals surface area contributed by atoms with E-state index in [1.807, 2.05) is 31.2 Å². The maximum atomic E-state index is 12.5. The largest absolute Gasteiger partial charge is 0.496 e. The van der Waals surface area contributed by atoms with E-state index in [9.17, 15) is 4.79 Å². The fourth-order valence-electron chi connectivity index (χ4n) is 2.57. The van der Waals surface area contributed by atoms with Crippen molar-refractivity contribution in [2.24, 2.45) is 0 Å². The summed E-state index contributed by atoms with van der Waals surface area (Å²) in [6.45, 7) is 2.95. The van der Waals surface area contributed by atoms with Gasteiger partial charge in [0.2, 0.25) is 0 Å². The predicted molar refractivity (Wildman–Crippen MR) is 86.3 cm³/mol. The summed E-state index contributed by atoms with van der Waals surface area (Å²) >= 11 is 0. The van der Waals surface area contributed by atoms with Gasteiger partial charge in [0, 0.05) is 11.1 Å². The van der Waals surface area contributed by atoms with Crippen LogP contribution in [0.4, 0.5) is 0 Å². The van der Waals surface area contributed by atoms with Crippen molar-refractivity contribution in [3.8, 4) is 17.2 Å². The minimum absolute atomic E-state index is 0.166. The van der Waals surface area contributed by atoms with Gasteiger partial charge in [0.25, 0.3) is 5.91 Å². The van der Waals surface area contributed by atoms with Crippen LogP contribution in [0.1, 0.15) is 28.9 Å². The second-order valence-electron chi connectivity index (χ2n) is 5.30. The number of benzene rings is 2. The summed E-state index contributed by atoms with van der Waals surface area (Å²) in [4.78, 5) is 12.5. The molecule has 0 radical (unpaired) electrons. The smallest absolute Gasteiger partial charge is 0.251 e. The molecule has 0 bridgehead atoms. The molecule has 0 saturated heterocycles. The van der Waals surface area contributed by atoms with Crippen LogP contribution in [0.15, 0.2) is 42.5 Å². The highest BCUT2D eigenvalue weighted by atomic mass is 16.6. The Morgan fingerprint density at radius 2 is 1.87 bits per heavy atom. The van der Waals surface area contributed by atoms with Crippen LogP contribution in [0, 0.1) is 0 Å². The number of hydrogen-bond donors (Lipinski definition) is 1. The van der Waals surface area contributed by atoms with E-state index in [4.69, 9.17) is 14.2 Å². The molecular weight excluding hydrogens is 294 g/mol. The molecule has 0 aromatic heterocycles. The molecule has 1 unspecified atom stereocenters. The van der Waals surface area contributed by atoms with Gasteiger partial charge in [-0.1, -0.05) is 18.2 Å². The van der Waals surface area contributed by atoms with Crippen LogP contribution in [0.5, 0.6) is 17.2 Å². The average Bonchev–Trinajstić information content (AvgIpc) is 2.61. The van der Waals surface area contributed by atoms with Crippen LogP contribution in [0.25, 0.3) is 0 Å². The summed E-state index contributed by atoms with van der Waals surface area (Å²) in [6.07, 6.45) is 0. The van der Waals surface area contributed by atoms with Gasteiger partial charge in [-0.15, -0.1) is 0 Å². The molecule has 1 atom stereocenters. The quantitative estimate of drug-likeness (QED) is 0.943. The number of para-hydroxylation sites is 1. The molecule has 1 aliphatic rings. The van der Waals surface area contributed by atoms with E-state index in [2.05, 4.69) is 5.32 Å². The van der Waals surface area contributed by atoms with Crippen molar-refractivity contribution in [3.63, 3.8) is 0 Å². The molecule has 120 valence electrons. The Bertz CT molecular complexity index is 714. The van der Waals surface area contributed by atoms with Crippen LogP contribution < -0.4 is 19.5 Å². The normalized spacial score (nSPS) is 14.0. The maximum Gasteiger partial charge on any atom is 0.251 e. The lowest BCUT2D eigenvalue weighted by atomic mass is 10.1. The molecule has 2 aromatic carbocycles. The summed E-state index contributed by atoms with van der Waals surface area (Å²) in [6, 6.07) is 12.7. The van der Waals surface area contributed by atoms with Gasteiger partial charge in [-0.25, -0.2) is 0 Å². The first-order chi connectivity index (χ1) is 11.2. The Morgan fingerprint density at radius 1 is 1.13 bits per heavy atom. The van der Waals surface area contributed by atoms with Gasteiger partial charge in [0.05, 0.1) is 13.2 Å². The van der Waals surface area contributed by atoms with Crippen LogP contribution >= 0.6 is 0 Å². The Kier molecular flexibility index (Phi) is 4.37. The van der Waals surface area contributed by atoms with Crippen molar-refractivity contribution in [1.82, 2.24) is 5.32 Å². The zero-order valence-electron chi connectivity index (χ0n) is 13.2. The van der Waals surface area contributed by atoms with Gasteiger partial charge < -0.3 is 19.5 Å². The van der Waals surface area contributed by atoms with Gasteiger partial charge in [0.15, 0.2) is 11.5 Å². The Labute approximate surface area is 135 Å². The number of rotatable bonds is 4. The van der Waals surface area contributed by atoms with E-state index in [-0.39, 0.29) is 11.9 Å².